The number of carbonyl (C=O) groups excluding carboxylic acids is 2. The van der Waals surface area contributed by atoms with Crippen LogP contribution < -0.4 is 65.6 Å². The molecule has 250 valence electrons. The van der Waals surface area contributed by atoms with E-state index in [1.165, 1.54) is 50.8 Å². The summed E-state index contributed by atoms with van der Waals surface area (Å²) < 4.78 is 69.9. The number of ketones is 2. The zero-order valence-corrected chi connectivity index (χ0v) is 30.6. The van der Waals surface area contributed by atoms with Gasteiger partial charge in [0.25, 0.3) is 0 Å². The number of aryl methyl sites for hydroxylation is 2. The Bertz CT molecular complexity index is 1590. The molecular weight excluding hydrogens is 647 g/mol. The van der Waals surface area contributed by atoms with Gasteiger partial charge >= 0.3 is 51.4 Å². The maximum absolute atomic E-state index is 14.0. The van der Waals surface area contributed by atoms with E-state index in [2.05, 4.69) is 6.92 Å². The van der Waals surface area contributed by atoms with Gasteiger partial charge in [0.1, 0.15) is 0 Å². The molecule has 0 aromatic heterocycles. The average molecular weight is 688 g/mol. The number of benzene rings is 4. The number of hydrogen-bond donors (Lipinski definition) is 1. The molecule has 0 atom stereocenters. The van der Waals surface area contributed by atoms with Gasteiger partial charge in [0, 0.05) is 11.1 Å². The van der Waals surface area contributed by atoms with Crippen molar-refractivity contribution < 1.29 is 105 Å². The fraction of sp³-hybridized carbons (Fsp3) is 0.257. The smallest absolute Gasteiger partial charge is 0.870 e. The number of methoxy groups -OCH3 is 2. The molecule has 0 radical (unpaired) electrons. The Morgan fingerprint density at radius 2 is 1.13 bits per heavy atom. The van der Waals surface area contributed by atoms with Crippen molar-refractivity contribution in [2.75, 3.05) is 21.4 Å². The molecule has 0 unspecified atom stereocenters. The van der Waals surface area contributed by atoms with Crippen molar-refractivity contribution in [3.63, 3.8) is 0 Å². The molecule has 0 aliphatic heterocycles. The van der Waals surface area contributed by atoms with Crippen LogP contribution in [0.15, 0.2) is 72.8 Å². The topological polar surface area (TPSA) is 112 Å². The summed E-state index contributed by atoms with van der Waals surface area (Å²) in [5, 5.41) is 9.21. The fourth-order valence-corrected chi connectivity index (χ4v) is 3.59. The number of rotatable bonds is 8. The standard InChI is InChI=1S/C17H17FO3.C9H12O2.C8H6F2O.CH3F.K.H2O/c1-4-12-5-7-16(17(9-12)20-3)21-15-8-6-13(11(2)19)10-14(15)18;1-3-7-4-5-8(10)9(6-7)11-2;1-5(11)6-2-3-7(9)8(10)4-6;1-2;;/h5-10H,4H2,1-3H3;4-6,10H,3H2,1-2H3;2-4H,1H3;1H3;;1H2/q;;;;+1;/p-1/i;;;1D;;. The minimum atomic E-state index is -1.00. The molecule has 2 N–H and O–H groups in total. The molecule has 0 aliphatic rings. The van der Waals surface area contributed by atoms with E-state index >= 15 is 0 Å². The van der Waals surface area contributed by atoms with Crippen molar-refractivity contribution in [1.29, 1.82) is 0 Å². The Kier molecular flexibility index (Phi) is 22.3. The first kappa shape index (κ1) is 43.7. The number of alkyl halides is 1. The second-order valence-corrected chi connectivity index (χ2v) is 9.19. The molecule has 0 fully saturated rings. The number of ether oxygens (including phenoxy) is 3. The van der Waals surface area contributed by atoms with Crippen LogP contribution in [-0.2, 0) is 12.8 Å². The molecule has 12 heteroatoms. The maximum Gasteiger partial charge on any atom is 1.00 e. The monoisotopic (exact) mass is 687 g/mol. The van der Waals surface area contributed by atoms with Gasteiger partial charge in [0.2, 0.25) is 0 Å². The van der Waals surface area contributed by atoms with Crippen LogP contribution in [0.25, 0.3) is 0 Å². The van der Waals surface area contributed by atoms with Crippen molar-refractivity contribution in [3.8, 4) is 28.7 Å². The van der Waals surface area contributed by atoms with Gasteiger partial charge in [-0.05, 0) is 98.5 Å². The van der Waals surface area contributed by atoms with Gasteiger partial charge in [-0.1, -0.05) is 26.0 Å². The third-order valence-electron chi connectivity index (χ3n) is 6.17. The molecule has 47 heavy (non-hydrogen) atoms. The number of hydrogen-bond acceptors (Lipinski definition) is 7. The molecule has 0 saturated carbocycles. The largest absolute Gasteiger partial charge is 1.00 e. The SMILES string of the molecule is CC(=O)c1ccc(F)c(F)c1.CCc1ccc(O)c(OC)c1.CCc1ccc(Oc2ccc(C(C)=O)cc2F)c(OC)c1.[2H]CF.[K+].[OH-]. The van der Waals surface area contributed by atoms with Gasteiger partial charge in [-0.2, -0.15) is 0 Å². The van der Waals surface area contributed by atoms with Crippen LogP contribution in [0, 0.1) is 17.5 Å². The Morgan fingerprint density at radius 3 is 1.57 bits per heavy atom. The molecule has 7 nitrogen and oxygen atoms in total. The van der Waals surface area contributed by atoms with Gasteiger partial charge < -0.3 is 24.8 Å². The first-order chi connectivity index (χ1) is 21.8. The van der Waals surface area contributed by atoms with Crippen LogP contribution in [0.1, 0.15) is 60.9 Å². The Morgan fingerprint density at radius 1 is 0.681 bits per heavy atom. The van der Waals surface area contributed by atoms with E-state index in [1.54, 1.807) is 19.2 Å². The molecule has 0 aliphatic carbocycles. The number of Topliss-reactive ketones (excluding diaryl/α,β-unsaturated/α-hetero) is 2. The quantitative estimate of drug-likeness (QED) is 0.139. The Labute approximate surface area is 317 Å². The van der Waals surface area contributed by atoms with Gasteiger partial charge in [-0.15, -0.1) is 0 Å². The molecule has 0 bridgehead atoms. The number of aromatic hydroxyl groups is 1. The number of phenols is 1. The average Bonchev–Trinajstić information content (AvgIpc) is 3.04. The normalized spacial score (nSPS) is 9.53. The van der Waals surface area contributed by atoms with Gasteiger partial charge in [0.05, 0.1) is 22.7 Å². The summed E-state index contributed by atoms with van der Waals surface area (Å²) in [4.78, 5) is 21.8. The predicted octanol–water partition coefficient (Wildman–Crippen LogP) is 5.94. The van der Waals surface area contributed by atoms with E-state index in [4.69, 9.17) is 15.6 Å². The summed E-state index contributed by atoms with van der Waals surface area (Å²) in [6.07, 6.45) is 1.83. The van der Waals surface area contributed by atoms with Crippen molar-refractivity contribution in [3.05, 3.63) is 113 Å². The van der Waals surface area contributed by atoms with Crippen LogP contribution in [0.5, 0.6) is 28.7 Å². The van der Waals surface area contributed by atoms with Crippen LogP contribution in [0.2, 0.25) is 0 Å². The predicted molar refractivity (Wildman–Crippen MR) is 168 cm³/mol. The summed E-state index contributed by atoms with van der Waals surface area (Å²) in [5.74, 6) is -1.18. The summed E-state index contributed by atoms with van der Waals surface area (Å²) >= 11 is 0. The van der Waals surface area contributed by atoms with E-state index in [1.807, 2.05) is 31.2 Å². The third kappa shape index (κ3) is 15.0. The minimum absolute atomic E-state index is 0. The van der Waals surface area contributed by atoms with E-state index < -0.39 is 24.6 Å². The van der Waals surface area contributed by atoms with Crippen LogP contribution in [-0.4, -0.2) is 43.5 Å². The van der Waals surface area contributed by atoms with Crippen molar-refractivity contribution in [2.45, 2.75) is 40.5 Å². The van der Waals surface area contributed by atoms with Crippen molar-refractivity contribution in [1.82, 2.24) is 0 Å². The number of phenolic OH excluding ortho intramolecular Hbond substituents is 1. The summed E-state index contributed by atoms with van der Waals surface area (Å²) in [6, 6.07) is 18.1. The van der Waals surface area contributed by atoms with Crippen molar-refractivity contribution >= 4 is 11.6 Å². The molecular formula is C35H39F4KO7. The maximum atomic E-state index is 14.0. The van der Waals surface area contributed by atoms with Crippen molar-refractivity contribution in [2.24, 2.45) is 0 Å². The summed E-state index contributed by atoms with van der Waals surface area (Å²) in [6.45, 7) is 6.79. The summed E-state index contributed by atoms with van der Waals surface area (Å²) in [7, 11) is 2.09. The first-order valence-electron chi connectivity index (χ1n) is 14.4. The number of carbonyl (C=O) groups is 2. The zero-order valence-electron chi connectivity index (χ0n) is 28.5. The van der Waals surface area contributed by atoms with E-state index in [-0.39, 0.29) is 85.5 Å². The van der Waals surface area contributed by atoms with Crippen LogP contribution in [0.3, 0.4) is 0 Å². The Hall–Kier alpha value is -3.26. The number of halogens is 4. The first-order valence-corrected chi connectivity index (χ1v) is 13.7. The fourth-order valence-electron chi connectivity index (χ4n) is 3.59. The second-order valence-electron chi connectivity index (χ2n) is 9.19. The van der Waals surface area contributed by atoms with Gasteiger partial charge in [-0.25, -0.2) is 13.2 Å². The summed E-state index contributed by atoms with van der Waals surface area (Å²) in [5.41, 5.74) is 2.77. The Balaban J connectivity index is 0. The molecule has 0 saturated heterocycles. The molecule has 0 amide bonds. The minimum Gasteiger partial charge on any atom is -0.870 e. The zero-order chi connectivity index (χ0) is 34.8. The second kappa shape index (κ2) is 24.0. The van der Waals surface area contributed by atoms with E-state index in [9.17, 15) is 32.3 Å². The van der Waals surface area contributed by atoms with Gasteiger partial charge in [-0.3, -0.25) is 14.0 Å². The van der Waals surface area contributed by atoms with E-state index in [0.29, 0.717) is 22.8 Å². The third-order valence-corrected chi connectivity index (χ3v) is 6.17. The van der Waals surface area contributed by atoms with Crippen LogP contribution >= 0.6 is 0 Å². The molecule has 4 rings (SSSR count). The van der Waals surface area contributed by atoms with E-state index in [0.717, 1.165) is 30.5 Å². The van der Waals surface area contributed by atoms with Gasteiger partial charge in [0.15, 0.2) is 57.8 Å². The molecule has 4 aromatic rings. The van der Waals surface area contributed by atoms with Crippen LogP contribution in [0.4, 0.5) is 17.6 Å². The molecule has 0 heterocycles. The molecule has 0 spiro atoms. The molecule has 4 aromatic carbocycles.